The summed E-state index contributed by atoms with van der Waals surface area (Å²) in [5.74, 6) is -0.674. The Kier molecular flexibility index (Phi) is 4.22. The van der Waals surface area contributed by atoms with Crippen LogP contribution in [0.1, 0.15) is 11.3 Å². The summed E-state index contributed by atoms with van der Waals surface area (Å²) in [7, 11) is 2.70. The highest BCUT2D eigenvalue weighted by Gasteiger charge is 2.34. The summed E-state index contributed by atoms with van der Waals surface area (Å²) < 4.78 is 44.8. The van der Waals surface area contributed by atoms with E-state index in [1.54, 1.807) is 0 Å². The molecular formula is C14H11F3N4O4S. The van der Waals surface area contributed by atoms with E-state index in [1.807, 2.05) is 0 Å². The molecule has 3 aromatic rings. The van der Waals surface area contributed by atoms with Gasteiger partial charge in [-0.2, -0.15) is 13.2 Å². The summed E-state index contributed by atoms with van der Waals surface area (Å²) in [6.45, 7) is 0. The lowest BCUT2D eigenvalue weighted by molar-refractivity contribution is -0.140. The molecule has 12 heteroatoms. The van der Waals surface area contributed by atoms with Gasteiger partial charge in [0.15, 0.2) is 10.8 Å². The lowest BCUT2D eigenvalue weighted by Gasteiger charge is -2.04. The number of aromatic nitrogens is 3. The average molecular weight is 388 g/mol. The molecule has 0 aliphatic carbocycles. The van der Waals surface area contributed by atoms with Gasteiger partial charge < -0.3 is 9.73 Å². The number of carbonyl (C=O) groups is 1. The summed E-state index contributed by atoms with van der Waals surface area (Å²) >= 11 is 0.633. The summed E-state index contributed by atoms with van der Waals surface area (Å²) in [5.41, 5.74) is -2.10. The van der Waals surface area contributed by atoms with Crippen LogP contribution in [0.4, 0.5) is 18.3 Å². The summed E-state index contributed by atoms with van der Waals surface area (Å²) in [4.78, 5) is 39.5. The van der Waals surface area contributed by atoms with E-state index in [1.165, 1.54) is 14.1 Å². The first-order valence-corrected chi connectivity index (χ1v) is 7.96. The molecule has 0 aliphatic heterocycles. The predicted molar refractivity (Wildman–Crippen MR) is 86.1 cm³/mol. The number of thiazole rings is 1. The van der Waals surface area contributed by atoms with Gasteiger partial charge >= 0.3 is 11.9 Å². The summed E-state index contributed by atoms with van der Waals surface area (Å²) in [6, 6.07) is 0. The summed E-state index contributed by atoms with van der Waals surface area (Å²) in [5, 5.41) is 2.88. The fourth-order valence-corrected chi connectivity index (χ4v) is 3.09. The number of fused-ring (bicyclic) bond motifs is 1. The van der Waals surface area contributed by atoms with Crippen LogP contribution >= 0.6 is 11.3 Å². The highest BCUT2D eigenvalue weighted by atomic mass is 32.1. The maximum Gasteiger partial charge on any atom is 0.434 e. The Balaban J connectivity index is 1.88. The monoisotopic (exact) mass is 388 g/mol. The second kappa shape index (κ2) is 6.12. The SMILES string of the molecule is Cn1c(=O)c2c(CC(=O)Nc3nc(C(F)(F)F)cs3)coc2n(C)c1=O. The Morgan fingerprint density at radius 1 is 1.31 bits per heavy atom. The third-order valence-corrected chi connectivity index (χ3v) is 4.39. The fraction of sp³-hybridized carbons (Fsp3) is 0.286. The first kappa shape index (κ1) is 17.9. The highest BCUT2D eigenvalue weighted by molar-refractivity contribution is 7.13. The van der Waals surface area contributed by atoms with Gasteiger partial charge in [0.25, 0.3) is 5.56 Å². The van der Waals surface area contributed by atoms with Crippen molar-refractivity contribution in [1.29, 1.82) is 0 Å². The van der Waals surface area contributed by atoms with Crippen LogP contribution in [0.25, 0.3) is 11.1 Å². The van der Waals surface area contributed by atoms with Gasteiger partial charge in [-0.1, -0.05) is 0 Å². The maximum atomic E-state index is 12.5. The van der Waals surface area contributed by atoms with E-state index in [0.717, 1.165) is 20.8 Å². The molecule has 0 aliphatic rings. The number of hydrogen-bond donors (Lipinski definition) is 1. The number of amides is 1. The zero-order chi connectivity index (χ0) is 19.2. The van der Waals surface area contributed by atoms with Gasteiger partial charge in [0.05, 0.1) is 12.7 Å². The molecule has 1 amide bonds. The number of alkyl halides is 3. The topological polar surface area (TPSA) is 99.1 Å². The Bertz CT molecular complexity index is 1120. The highest BCUT2D eigenvalue weighted by Crippen LogP contribution is 2.31. The molecular weight excluding hydrogens is 377 g/mol. The Morgan fingerprint density at radius 2 is 2.00 bits per heavy atom. The molecule has 0 unspecified atom stereocenters. The third-order valence-electron chi connectivity index (χ3n) is 3.64. The smallest absolute Gasteiger partial charge is 0.434 e. The van der Waals surface area contributed by atoms with Crippen molar-refractivity contribution in [3.63, 3.8) is 0 Å². The van der Waals surface area contributed by atoms with Crippen LogP contribution in [0.2, 0.25) is 0 Å². The molecule has 0 aromatic carbocycles. The normalized spacial score (nSPS) is 11.9. The third kappa shape index (κ3) is 3.03. The van der Waals surface area contributed by atoms with E-state index in [0.29, 0.717) is 11.3 Å². The van der Waals surface area contributed by atoms with Crippen LogP contribution in [0.3, 0.4) is 0 Å². The molecule has 0 spiro atoms. The van der Waals surface area contributed by atoms with Crippen molar-refractivity contribution in [3.8, 4) is 0 Å². The number of carbonyl (C=O) groups excluding carboxylic acids is 1. The molecule has 0 saturated heterocycles. The fourth-order valence-electron chi connectivity index (χ4n) is 2.35. The van der Waals surface area contributed by atoms with Gasteiger partial charge in [-0.25, -0.2) is 9.78 Å². The quantitative estimate of drug-likeness (QED) is 0.733. The summed E-state index contributed by atoms with van der Waals surface area (Å²) in [6.07, 6.45) is -3.77. The molecule has 0 bridgehead atoms. The second-order valence-electron chi connectivity index (χ2n) is 5.41. The lowest BCUT2D eigenvalue weighted by atomic mass is 10.1. The minimum atomic E-state index is -4.60. The first-order chi connectivity index (χ1) is 12.1. The van der Waals surface area contributed by atoms with Gasteiger partial charge in [-0.05, 0) is 0 Å². The first-order valence-electron chi connectivity index (χ1n) is 7.08. The molecule has 0 atom stereocenters. The lowest BCUT2D eigenvalue weighted by Crippen LogP contribution is -2.36. The van der Waals surface area contributed by atoms with Crippen LogP contribution in [0, 0.1) is 0 Å². The molecule has 0 saturated carbocycles. The number of hydrogen-bond acceptors (Lipinski definition) is 6. The maximum absolute atomic E-state index is 12.5. The van der Waals surface area contributed by atoms with Crippen LogP contribution in [0.15, 0.2) is 25.6 Å². The molecule has 8 nitrogen and oxygen atoms in total. The van der Waals surface area contributed by atoms with Crippen molar-refractivity contribution < 1.29 is 22.4 Å². The second-order valence-corrected chi connectivity index (χ2v) is 6.27. The molecule has 3 rings (SSSR count). The van der Waals surface area contributed by atoms with E-state index in [-0.39, 0.29) is 28.2 Å². The Labute approximate surface area is 146 Å². The zero-order valence-corrected chi connectivity index (χ0v) is 14.2. The Hall–Kier alpha value is -2.89. The minimum Gasteiger partial charge on any atom is -0.447 e. The molecule has 3 heterocycles. The van der Waals surface area contributed by atoms with Crippen LogP contribution < -0.4 is 16.6 Å². The van der Waals surface area contributed by atoms with E-state index in [2.05, 4.69) is 10.3 Å². The molecule has 1 N–H and O–H groups in total. The van der Waals surface area contributed by atoms with Crippen LogP contribution in [-0.4, -0.2) is 20.0 Å². The van der Waals surface area contributed by atoms with Crippen molar-refractivity contribution in [1.82, 2.24) is 14.1 Å². The van der Waals surface area contributed by atoms with Gasteiger partial charge in [0.2, 0.25) is 11.6 Å². The van der Waals surface area contributed by atoms with E-state index < -0.39 is 29.0 Å². The molecule has 0 radical (unpaired) electrons. The number of halogens is 3. The van der Waals surface area contributed by atoms with Crippen molar-refractivity contribution in [3.05, 3.63) is 43.7 Å². The van der Waals surface area contributed by atoms with E-state index >= 15 is 0 Å². The van der Waals surface area contributed by atoms with E-state index in [9.17, 15) is 27.6 Å². The molecule has 26 heavy (non-hydrogen) atoms. The predicted octanol–water partition coefficient (Wildman–Crippen LogP) is 1.49. The molecule has 0 fully saturated rings. The van der Waals surface area contributed by atoms with Gasteiger partial charge in [0, 0.05) is 25.0 Å². The van der Waals surface area contributed by atoms with Crippen LogP contribution in [-0.2, 0) is 31.5 Å². The number of aryl methyl sites for hydroxylation is 1. The van der Waals surface area contributed by atoms with Gasteiger partial charge in [-0.3, -0.25) is 18.7 Å². The van der Waals surface area contributed by atoms with Crippen molar-refractivity contribution in [2.75, 3.05) is 5.32 Å². The minimum absolute atomic E-state index is 0.00880. The van der Waals surface area contributed by atoms with Gasteiger partial charge in [-0.15, -0.1) is 11.3 Å². The molecule has 138 valence electrons. The van der Waals surface area contributed by atoms with Crippen molar-refractivity contribution >= 4 is 33.5 Å². The standard InChI is InChI=1S/C14H11F3N4O4S/c1-20-10(23)9-6(4-25-11(9)21(2)13(20)24)3-8(22)19-12-18-7(5-26-12)14(15,16)17/h4-5H,3H2,1-2H3,(H,18,19,22). The van der Waals surface area contributed by atoms with Gasteiger partial charge in [0.1, 0.15) is 5.39 Å². The number of furan rings is 1. The average Bonchev–Trinajstić information content (AvgIpc) is 3.18. The van der Waals surface area contributed by atoms with Crippen LogP contribution in [0.5, 0.6) is 0 Å². The van der Waals surface area contributed by atoms with Crippen molar-refractivity contribution in [2.45, 2.75) is 12.6 Å². The zero-order valence-electron chi connectivity index (χ0n) is 13.4. The Morgan fingerprint density at radius 3 is 2.62 bits per heavy atom. The molecule has 3 aromatic heterocycles. The number of rotatable bonds is 3. The number of nitrogens with one attached hydrogen (secondary N) is 1. The number of anilines is 1. The van der Waals surface area contributed by atoms with E-state index in [4.69, 9.17) is 4.42 Å². The van der Waals surface area contributed by atoms with Crippen molar-refractivity contribution in [2.24, 2.45) is 14.1 Å². The largest absolute Gasteiger partial charge is 0.447 e. The number of nitrogens with zero attached hydrogens (tertiary/aromatic N) is 3.